The fourth-order valence-electron chi connectivity index (χ4n) is 1.53. The lowest BCUT2D eigenvalue weighted by molar-refractivity contribution is 0.313. The smallest absolute Gasteiger partial charge is 0.0357 e. The molecule has 1 atom stereocenters. The molecule has 0 aliphatic rings. The van der Waals surface area contributed by atoms with E-state index in [9.17, 15) is 0 Å². The topological polar surface area (TPSA) is 52.0 Å². The summed E-state index contributed by atoms with van der Waals surface area (Å²) in [5.41, 5.74) is 9.59. The molecule has 1 rings (SSSR count). The summed E-state index contributed by atoms with van der Waals surface area (Å²) >= 11 is 0. The van der Waals surface area contributed by atoms with E-state index < -0.39 is 0 Å². The Hall–Kier alpha value is -1.51. The average molecular weight is 218 g/mol. The Morgan fingerprint density at radius 3 is 2.69 bits per heavy atom. The van der Waals surface area contributed by atoms with E-state index in [2.05, 4.69) is 34.1 Å². The summed E-state index contributed by atoms with van der Waals surface area (Å²) in [7, 11) is 2.08. The first kappa shape index (κ1) is 12.6. The lowest BCUT2D eigenvalue weighted by Gasteiger charge is -2.17. The molecule has 0 aromatic heterocycles. The molecular weight excluding hydrogens is 200 g/mol. The fourth-order valence-corrected chi connectivity index (χ4v) is 1.53. The van der Waals surface area contributed by atoms with Gasteiger partial charge in [0.1, 0.15) is 0 Å². The third-order valence-corrected chi connectivity index (χ3v) is 2.47. The molecule has 0 aliphatic heterocycles. The van der Waals surface area contributed by atoms with Gasteiger partial charge in [-0.1, -0.05) is 42.4 Å². The first-order chi connectivity index (χ1) is 7.72. The summed E-state index contributed by atoms with van der Waals surface area (Å²) in [6.07, 6.45) is 0.896. The second-order valence-corrected chi connectivity index (χ2v) is 4.07. The molecule has 4 heteroatoms. The van der Waals surface area contributed by atoms with Crippen LogP contribution in [0.3, 0.4) is 0 Å². The average Bonchev–Trinajstić information content (AvgIpc) is 2.28. The van der Waals surface area contributed by atoms with Gasteiger partial charge in [-0.15, -0.1) is 0 Å². The van der Waals surface area contributed by atoms with Crippen molar-refractivity contribution < 1.29 is 0 Å². The van der Waals surface area contributed by atoms with Gasteiger partial charge < -0.3 is 4.90 Å². The quantitative estimate of drug-likeness (QED) is 0.411. The monoisotopic (exact) mass is 218 g/mol. The first-order valence-electron chi connectivity index (χ1n) is 5.49. The van der Waals surface area contributed by atoms with Crippen molar-refractivity contribution in [2.24, 2.45) is 5.11 Å². The van der Waals surface area contributed by atoms with Gasteiger partial charge in [0.2, 0.25) is 0 Å². The van der Waals surface area contributed by atoms with Crippen LogP contribution in [0.4, 0.5) is 0 Å². The van der Waals surface area contributed by atoms with Crippen molar-refractivity contribution in [3.05, 3.63) is 46.3 Å². The molecule has 0 radical (unpaired) electrons. The van der Waals surface area contributed by atoms with Crippen molar-refractivity contribution in [1.82, 2.24) is 4.90 Å². The van der Waals surface area contributed by atoms with Gasteiger partial charge in [0.15, 0.2) is 0 Å². The predicted molar refractivity (Wildman–Crippen MR) is 66.0 cm³/mol. The van der Waals surface area contributed by atoms with E-state index in [1.54, 1.807) is 0 Å². The van der Waals surface area contributed by atoms with E-state index >= 15 is 0 Å². The Morgan fingerprint density at radius 2 is 2.06 bits per heavy atom. The van der Waals surface area contributed by atoms with E-state index in [0.29, 0.717) is 0 Å². The molecule has 4 nitrogen and oxygen atoms in total. The third kappa shape index (κ3) is 4.82. The van der Waals surface area contributed by atoms with E-state index in [1.807, 2.05) is 25.1 Å². The minimum absolute atomic E-state index is 0.0724. The Kier molecular flexibility index (Phi) is 5.40. The minimum Gasteiger partial charge on any atom is -0.302 e. The number of azide groups is 1. The van der Waals surface area contributed by atoms with Crippen LogP contribution in [0, 0.1) is 0 Å². The van der Waals surface area contributed by atoms with Crippen molar-refractivity contribution in [2.75, 3.05) is 13.6 Å². The SMILES string of the molecule is CC(CCN(C)Cc1ccccc1)N=[N+]=[N-]. The number of rotatable bonds is 6. The molecule has 1 aromatic rings. The maximum Gasteiger partial charge on any atom is 0.0357 e. The van der Waals surface area contributed by atoms with Crippen LogP contribution in [0.2, 0.25) is 0 Å². The third-order valence-electron chi connectivity index (χ3n) is 2.47. The van der Waals surface area contributed by atoms with Crippen LogP contribution in [-0.4, -0.2) is 24.5 Å². The van der Waals surface area contributed by atoms with Gasteiger partial charge in [-0.25, -0.2) is 0 Å². The molecule has 1 unspecified atom stereocenters. The van der Waals surface area contributed by atoms with Gasteiger partial charge in [-0.05, 0) is 31.1 Å². The normalized spacial score (nSPS) is 12.2. The van der Waals surface area contributed by atoms with Crippen LogP contribution in [0.5, 0.6) is 0 Å². The van der Waals surface area contributed by atoms with Crippen molar-refractivity contribution in [3.8, 4) is 0 Å². The summed E-state index contributed by atoms with van der Waals surface area (Å²) in [5.74, 6) is 0. The van der Waals surface area contributed by atoms with Crippen LogP contribution in [0.1, 0.15) is 18.9 Å². The highest BCUT2D eigenvalue weighted by Crippen LogP contribution is 2.05. The predicted octanol–water partition coefficient (Wildman–Crippen LogP) is 3.21. The summed E-state index contributed by atoms with van der Waals surface area (Å²) in [5, 5.41) is 3.66. The van der Waals surface area contributed by atoms with E-state index in [4.69, 9.17) is 5.53 Å². The molecule has 0 aliphatic carbocycles. The minimum atomic E-state index is 0.0724. The van der Waals surface area contributed by atoms with Gasteiger partial charge in [-0.2, -0.15) is 0 Å². The highest BCUT2D eigenvalue weighted by atomic mass is 15.2. The van der Waals surface area contributed by atoms with Crippen molar-refractivity contribution >= 4 is 0 Å². The molecule has 0 bridgehead atoms. The largest absolute Gasteiger partial charge is 0.302 e. The molecular formula is C12H18N4. The zero-order valence-corrected chi connectivity index (χ0v) is 9.87. The summed E-state index contributed by atoms with van der Waals surface area (Å²) in [6.45, 7) is 3.81. The second-order valence-electron chi connectivity index (χ2n) is 4.07. The molecule has 16 heavy (non-hydrogen) atoms. The van der Waals surface area contributed by atoms with Crippen LogP contribution >= 0.6 is 0 Å². The van der Waals surface area contributed by atoms with Gasteiger partial charge in [-0.3, -0.25) is 0 Å². The molecule has 0 fully saturated rings. The molecule has 0 N–H and O–H groups in total. The highest BCUT2D eigenvalue weighted by molar-refractivity contribution is 5.14. The van der Waals surface area contributed by atoms with E-state index in [0.717, 1.165) is 19.5 Å². The number of nitrogens with zero attached hydrogens (tertiary/aromatic N) is 4. The molecule has 0 spiro atoms. The summed E-state index contributed by atoms with van der Waals surface area (Å²) in [4.78, 5) is 5.04. The first-order valence-corrected chi connectivity index (χ1v) is 5.49. The Bertz CT molecular complexity index is 343. The zero-order valence-electron chi connectivity index (χ0n) is 9.87. The highest BCUT2D eigenvalue weighted by Gasteiger charge is 2.03. The van der Waals surface area contributed by atoms with Gasteiger partial charge >= 0.3 is 0 Å². The zero-order chi connectivity index (χ0) is 11.8. The van der Waals surface area contributed by atoms with Crippen molar-refractivity contribution in [3.63, 3.8) is 0 Å². The van der Waals surface area contributed by atoms with E-state index in [-0.39, 0.29) is 6.04 Å². The van der Waals surface area contributed by atoms with Crippen LogP contribution < -0.4 is 0 Å². The number of hydrogen-bond donors (Lipinski definition) is 0. The fraction of sp³-hybridized carbons (Fsp3) is 0.500. The molecule has 0 saturated carbocycles. The van der Waals surface area contributed by atoms with Crippen LogP contribution in [0.15, 0.2) is 35.4 Å². The van der Waals surface area contributed by atoms with Gasteiger partial charge in [0.25, 0.3) is 0 Å². The summed E-state index contributed by atoms with van der Waals surface area (Å²) < 4.78 is 0. The summed E-state index contributed by atoms with van der Waals surface area (Å²) in [6, 6.07) is 10.4. The lowest BCUT2D eigenvalue weighted by Crippen LogP contribution is -2.21. The van der Waals surface area contributed by atoms with Crippen molar-refractivity contribution in [2.45, 2.75) is 25.9 Å². The van der Waals surface area contributed by atoms with Crippen LogP contribution in [0.25, 0.3) is 10.4 Å². The van der Waals surface area contributed by atoms with E-state index in [1.165, 1.54) is 5.56 Å². The standard InChI is InChI=1S/C12H18N4/c1-11(14-15-13)8-9-16(2)10-12-6-4-3-5-7-12/h3-7,11H,8-10H2,1-2H3. The number of benzene rings is 1. The Morgan fingerprint density at radius 1 is 1.38 bits per heavy atom. The molecule has 0 heterocycles. The molecule has 0 amide bonds. The van der Waals surface area contributed by atoms with Crippen molar-refractivity contribution in [1.29, 1.82) is 0 Å². The lowest BCUT2D eigenvalue weighted by atomic mass is 10.2. The maximum absolute atomic E-state index is 8.28. The Balaban J connectivity index is 2.31. The second kappa shape index (κ2) is 6.88. The van der Waals surface area contributed by atoms with Crippen LogP contribution in [-0.2, 0) is 6.54 Å². The number of hydrogen-bond acceptors (Lipinski definition) is 2. The van der Waals surface area contributed by atoms with Gasteiger partial charge in [0.05, 0.1) is 0 Å². The molecule has 1 aromatic carbocycles. The molecule has 86 valence electrons. The molecule has 0 saturated heterocycles. The Labute approximate surface area is 96.5 Å². The van der Waals surface area contributed by atoms with Gasteiger partial charge in [0, 0.05) is 17.5 Å². The maximum atomic E-state index is 8.28.